The van der Waals surface area contributed by atoms with E-state index < -0.39 is 0 Å². The van der Waals surface area contributed by atoms with Crippen LogP contribution in [0.2, 0.25) is 5.02 Å². The molecule has 2 atom stereocenters. The van der Waals surface area contributed by atoms with Crippen molar-refractivity contribution in [1.82, 2.24) is 9.88 Å². The molecule has 0 saturated heterocycles. The van der Waals surface area contributed by atoms with E-state index in [1.807, 2.05) is 47.4 Å². The number of H-pyrrole nitrogens is 1. The van der Waals surface area contributed by atoms with Gasteiger partial charge in [-0.05, 0) is 34.9 Å². The van der Waals surface area contributed by atoms with E-state index in [1.165, 1.54) is 5.56 Å². The molecule has 32 heavy (non-hydrogen) atoms. The summed E-state index contributed by atoms with van der Waals surface area (Å²) in [7, 11) is 3.16. The lowest BCUT2D eigenvalue weighted by Gasteiger charge is -2.36. The highest BCUT2D eigenvalue weighted by atomic mass is 35.5. The number of aromatic nitrogens is 1. The average Bonchev–Trinajstić information content (AvgIpc) is 3.34. The van der Waals surface area contributed by atoms with E-state index >= 15 is 0 Å². The highest BCUT2D eigenvalue weighted by Gasteiger charge is 2.47. The number of carbonyl (C=O) groups excluding carboxylic acids is 1. The van der Waals surface area contributed by atoms with Crippen molar-refractivity contribution in [1.29, 1.82) is 0 Å². The third-order valence-electron chi connectivity index (χ3n) is 6.72. The van der Waals surface area contributed by atoms with Crippen LogP contribution in [0.4, 0.5) is 0 Å². The zero-order valence-corrected chi connectivity index (χ0v) is 18.4. The monoisotopic (exact) mass is 444 g/mol. The lowest BCUT2D eigenvalue weighted by Crippen LogP contribution is -2.38. The summed E-state index contributed by atoms with van der Waals surface area (Å²) < 4.78 is 11.1. The Bertz CT molecular complexity index is 1390. The van der Waals surface area contributed by atoms with Gasteiger partial charge >= 0.3 is 0 Å². The fourth-order valence-corrected chi connectivity index (χ4v) is 5.66. The Kier molecular flexibility index (Phi) is 4.24. The van der Waals surface area contributed by atoms with Gasteiger partial charge in [-0.25, -0.2) is 0 Å². The quantitative estimate of drug-likeness (QED) is 0.452. The van der Waals surface area contributed by atoms with Gasteiger partial charge in [0.2, 0.25) is 0 Å². The molecule has 1 aromatic heterocycles. The van der Waals surface area contributed by atoms with Gasteiger partial charge in [-0.2, -0.15) is 0 Å². The van der Waals surface area contributed by atoms with Gasteiger partial charge in [0.25, 0.3) is 5.91 Å². The van der Waals surface area contributed by atoms with Gasteiger partial charge in [-0.15, -0.1) is 0 Å². The molecule has 1 amide bonds. The fraction of sp³-hybridized carbons (Fsp3) is 0.192. The third kappa shape index (κ3) is 2.49. The smallest absolute Gasteiger partial charge is 0.259 e. The summed E-state index contributed by atoms with van der Waals surface area (Å²) >= 11 is 6.65. The van der Waals surface area contributed by atoms with Crippen LogP contribution in [0.5, 0.6) is 11.5 Å². The highest BCUT2D eigenvalue weighted by Crippen LogP contribution is 2.52. The molecular formula is C26H21ClN2O3. The molecule has 0 saturated carbocycles. The van der Waals surface area contributed by atoms with Gasteiger partial charge < -0.3 is 19.4 Å². The maximum Gasteiger partial charge on any atom is 0.259 e. The van der Waals surface area contributed by atoms with Crippen molar-refractivity contribution >= 4 is 28.4 Å². The van der Waals surface area contributed by atoms with Crippen molar-refractivity contribution in [2.75, 3.05) is 20.8 Å². The molecule has 0 bridgehead atoms. The van der Waals surface area contributed by atoms with Gasteiger partial charge in [-0.1, -0.05) is 54.1 Å². The highest BCUT2D eigenvalue weighted by molar-refractivity contribution is 6.31. The molecule has 5 nitrogen and oxygen atoms in total. The molecule has 0 fully saturated rings. The summed E-state index contributed by atoms with van der Waals surface area (Å²) in [6.07, 6.45) is 0. The van der Waals surface area contributed by atoms with E-state index in [1.54, 1.807) is 14.2 Å². The number of nitrogens with one attached hydrogen (secondary N) is 1. The van der Waals surface area contributed by atoms with Crippen LogP contribution in [0, 0.1) is 0 Å². The van der Waals surface area contributed by atoms with Crippen molar-refractivity contribution in [3.8, 4) is 11.5 Å². The lowest BCUT2D eigenvalue weighted by molar-refractivity contribution is 0.0725. The number of nitrogens with zero attached hydrogens (tertiary/aromatic N) is 1. The number of fused-ring (bicyclic) bond motifs is 7. The summed E-state index contributed by atoms with van der Waals surface area (Å²) in [5, 5.41) is 1.86. The van der Waals surface area contributed by atoms with E-state index in [4.69, 9.17) is 21.1 Å². The molecular weight excluding hydrogens is 424 g/mol. The average molecular weight is 445 g/mol. The van der Waals surface area contributed by atoms with E-state index in [0.29, 0.717) is 28.6 Å². The first kappa shape index (κ1) is 19.3. The Hall–Kier alpha value is -3.44. The van der Waals surface area contributed by atoms with E-state index in [-0.39, 0.29) is 17.9 Å². The zero-order valence-electron chi connectivity index (χ0n) is 17.7. The number of halogens is 1. The topological polar surface area (TPSA) is 54.6 Å². The van der Waals surface area contributed by atoms with Gasteiger partial charge in [0, 0.05) is 34.1 Å². The van der Waals surface area contributed by atoms with Crippen LogP contribution in [-0.4, -0.2) is 36.6 Å². The Morgan fingerprint density at radius 1 is 0.969 bits per heavy atom. The second-order valence-corrected chi connectivity index (χ2v) is 8.60. The van der Waals surface area contributed by atoms with Gasteiger partial charge in [-0.3, -0.25) is 4.79 Å². The summed E-state index contributed by atoms with van der Waals surface area (Å²) in [6.45, 7) is 0.530. The molecule has 3 heterocycles. The number of amides is 1. The molecule has 0 radical (unpaired) electrons. The number of hydrogen-bond donors (Lipinski definition) is 1. The lowest BCUT2D eigenvalue weighted by atomic mass is 9.83. The number of benzene rings is 3. The zero-order chi connectivity index (χ0) is 22.0. The first-order valence-corrected chi connectivity index (χ1v) is 10.9. The minimum Gasteiger partial charge on any atom is -0.493 e. The molecule has 0 aliphatic carbocycles. The van der Waals surface area contributed by atoms with Crippen molar-refractivity contribution in [3.63, 3.8) is 0 Å². The van der Waals surface area contributed by atoms with Crippen LogP contribution < -0.4 is 9.47 Å². The molecule has 3 aromatic carbocycles. The number of aromatic amines is 1. The summed E-state index contributed by atoms with van der Waals surface area (Å²) in [6, 6.07) is 19.8. The SMILES string of the molecule is COc1ccc2c(c1OC)C(=O)N1CC(c3ccccc3Cl)c3c([nH]c4ccccc34)C21. The van der Waals surface area contributed by atoms with E-state index in [9.17, 15) is 4.79 Å². The van der Waals surface area contributed by atoms with Crippen LogP contribution in [-0.2, 0) is 0 Å². The molecule has 1 N–H and O–H groups in total. The Morgan fingerprint density at radius 3 is 2.53 bits per heavy atom. The van der Waals surface area contributed by atoms with Crippen molar-refractivity contribution in [2.45, 2.75) is 12.0 Å². The molecule has 2 aliphatic heterocycles. The van der Waals surface area contributed by atoms with E-state index in [0.717, 1.165) is 27.7 Å². The minimum absolute atomic E-state index is 0.0442. The molecule has 2 aliphatic rings. The van der Waals surface area contributed by atoms with E-state index in [2.05, 4.69) is 23.2 Å². The third-order valence-corrected chi connectivity index (χ3v) is 7.06. The summed E-state index contributed by atoms with van der Waals surface area (Å²) in [4.78, 5) is 19.3. The van der Waals surface area contributed by atoms with Crippen LogP contribution in [0.1, 0.15) is 44.7 Å². The number of methoxy groups -OCH3 is 2. The molecule has 160 valence electrons. The predicted octanol–water partition coefficient (Wildman–Crippen LogP) is 5.53. The van der Waals surface area contributed by atoms with Gasteiger partial charge in [0.15, 0.2) is 11.5 Å². The summed E-state index contributed by atoms with van der Waals surface area (Å²) in [5.41, 5.74) is 5.80. The molecule has 6 rings (SSSR count). The van der Waals surface area contributed by atoms with Crippen LogP contribution in [0.25, 0.3) is 10.9 Å². The minimum atomic E-state index is -0.210. The number of para-hydroxylation sites is 1. The molecule has 6 heteroatoms. The predicted molar refractivity (Wildman–Crippen MR) is 124 cm³/mol. The Balaban J connectivity index is 1.64. The standard InChI is InChI=1S/C26H21ClN2O3/c1-31-20-12-11-16-22(25(20)32-2)26(30)29-13-17(14-7-3-5-9-18(14)27)21-15-8-4-6-10-19(15)28-23(21)24(16)29/h3-12,17,24,28H,13H2,1-2H3. The number of ether oxygens (including phenoxy) is 2. The summed E-state index contributed by atoms with van der Waals surface area (Å²) in [5.74, 6) is 0.940. The first-order valence-electron chi connectivity index (χ1n) is 10.5. The maximum atomic E-state index is 13.7. The second-order valence-electron chi connectivity index (χ2n) is 8.20. The van der Waals surface area contributed by atoms with Crippen molar-refractivity contribution < 1.29 is 14.3 Å². The van der Waals surface area contributed by atoms with Crippen LogP contribution in [0.15, 0.2) is 60.7 Å². The molecule has 2 unspecified atom stereocenters. The Morgan fingerprint density at radius 2 is 1.75 bits per heavy atom. The van der Waals surface area contributed by atoms with Gasteiger partial charge in [0.05, 0.1) is 25.8 Å². The fourth-order valence-electron chi connectivity index (χ4n) is 5.39. The Labute approximate surface area is 190 Å². The maximum absolute atomic E-state index is 13.7. The van der Waals surface area contributed by atoms with Crippen molar-refractivity contribution in [3.05, 3.63) is 93.6 Å². The number of hydrogen-bond acceptors (Lipinski definition) is 3. The number of rotatable bonds is 3. The van der Waals surface area contributed by atoms with Crippen LogP contribution in [0.3, 0.4) is 0 Å². The van der Waals surface area contributed by atoms with Crippen LogP contribution >= 0.6 is 11.6 Å². The molecule has 0 spiro atoms. The largest absolute Gasteiger partial charge is 0.493 e. The second kappa shape index (κ2) is 7.04. The first-order chi connectivity index (χ1) is 15.6. The molecule has 4 aromatic rings. The van der Waals surface area contributed by atoms with Crippen molar-refractivity contribution in [2.24, 2.45) is 0 Å². The number of carbonyl (C=O) groups is 1. The van der Waals surface area contributed by atoms with Gasteiger partial charge in [0.1, 0.15) is 0 Å². The normalized spacial score (nSPS) is 19.0.